The molecule has 0 spiro atoms. The average molecular weight is 394 g/mol. The SMILES string of the molecule is [C-]#[N+]c1cc2c3c4c1c1ccccc1n4-c1ccccc1B3c1ccccc1C2(C)C. The zero-order valence-corrected chi connectivity index (χ0v) is 17.5. The van der Waals surface area contributed by atoms with E-state index in [4.69, 9.17) is 6.57 Å². The molecule has 0 bridgehead atoms. The molecule has 3 heterocycles. The Hall–Kier alpha value is -3.77. The number of hydrogen-bond acceptors (Lipinski definition) is 0. The number of nitrogens with zero attached hydrogens (tertiary/aromatic N) is 2. The summed E-state index contributed by atoms with van der Waals surface area (Å²) in [5.41, 5.74) is 11.0. The Bertz CT molecular complexity index is 1630. The van der Waals surface area contributed by atoms with Crippen LogP contribution in [0.25, 0.3) is 32.3 Å². The lowest BCUT2D eigenvalue weighted by molar-refractivity contribution is 0.647. The minimum atomic E-state index is -0.163. The van der Waals surface area contributed by atoms with Gasteiger partial charge in [0.15, 0.2) is 5.69 Å². The van der Waals surface area contributed by atoms with Gasteiger partial charge < -0.3 is 4.57 Å². The number of hydrogen-bond donors (Lipinski definition) is 0. The van der Waals surface area contributed by atoms with Gasteiger partial charge in [0.25, 0.3) is 0 Å². The number of benzene rings is 4. The topological polar surface area (TPSA) is 9.29 Å². The average Bonchev–Trinajstić information content (AvgIpc) is 3.15. The highest BCUT2D eigenvalue weighted by molar-refractivity contribution is 6.99. The molecule has 0 radical (unpaired) electrons. The summed E-state index contributed by atoms with van der Waals surface area (Å²) in [6.45, 7) is 12.8. The van der Waals surface area contributed by atoms with E-state index < -0.39 is 0 Å². The highest BCUT2D eigenvalue weighted by atomic mass is 15.0. The third kappa shape index (κ3) is 1.85. The first-order chi connectivity index (χ1) is 15.1. The molecule has 0 atom stereocenters. The molecule has 0 aliphatic carbocycles. The molecule has 5 aromatic rings. The fourth-order valence-electron chi connectivity index (χ4n) is 6.19. The summed E-state index contributed by atoms with van der Waals surface area (Å²) < 4.78 is 2.41. The summed E-state index contributed by atoms with van der Waals surface area (Å²) in [6.07, 6.45) is 0. The zero-order chi connectivity index (χ0) is 20.9. The van der Waals surface area contributed by atoms with Crippen LogP contribution in [0.1, 0.15) is 25.0 Å². The maximum Gasteiger partial charge on any atom is 0.247 e. The van der Waals surface area contributed by atoms with Crippen molar-refractivity contribution in [2.45, 2.75) is 19.3 Å². The van der Waals surface area contributed by atoms with Crippen molar-refractivity contribution in [3.05, 3.63) is 101 Å². The van der Waals surface area contributed by atoms with E-state index in [-0.39, 0.29) is 12.1 Å². The van der Waals surface area contributed by atoms with E-state index in [2.05, 4.69) is 102 Å². The van der Waals surface area contributed by atoms with Gasteiger partial charge in [0.2, 0.25) is 6.71 Å². The Morgan fingerprint density at radius 1 is 0.839 bits per heavy atom. The fraction of sp³-hybridized carbons (Fsp3) is 0.107. The van der Waals surface area contributed by atoms with Crippen LogP contribution in [0.5, 0.6) is 0 Å². The Kier molecular flexibility index (Phi) is 3.00. The summed E-state index contributed by atoms with van der Waals surface area (Å²) >= 11 is 0. The van der Waals surface area contributed by atoms with Crippen LogP contribution in [0.3, 0.4) is 0 Å². The lowest BCUT2D eigenvalue weighted by Crippen LogP contribution is -2.63. The monoisotopic (exact) mass is 394 g/mol. The molecule has 0 N–H and O–H groups in total. The maximum atomic E-state index is 8.03. The molecular formula is C28H19BN2. The standard InChI is InChI=1S/C28H19BN2/c1-28(2)18-11-5-6-12-20(18)29-21-13-7-9-15-24(21)31-23-14-8-4-10-17(23)25-22(30-3)16-19(28)26(29)27(25)31/h4-16H,1-2H3. The van der Waals surface area contributed by atoms with Crippen molar-refractivity contribution < 1.29 is 0 Å². The largest absolute Gasteiger partial charge is 0.312 e. The zero-order valence-electron chi connectivity index (χ0n) is 17.5. The summed E-state index contributed by atoms with van der Waals surface area (Å²) in [4.78, 5) is 4.03. The molecule has 0 fully saturated rings. The Labute approximate surface area is 181 Å². The van der Waals surface area contributed by atoms with Crippen molar-refractivity contribution in [3.63, 3.8) is 0 Å². The van der Waals surface area contributed by atoms with Gasteiger partial charge in [-0.3, -0.25) is 0 Å². The Balaban J connectivity index is 1.83. The number of aromatic nitrogens is 1. The van der Waals surface area contributed by atoms with Crippen LogP contribution in [-0.4, -0.2) is 11.3 Å². The van der Waals surface area contributed by atoms with E-state index in [1.807, 2.05) is 0 Å². The van der Waals surface area contributed by atoms with Crippen LogP contribution >= 0.6 is 0 Å². The predicted molar refractivity (Wildman–Crippen MR) is 130 cm³/mol. The van der Waals surface area contributed by atoms with Crippen molar-refractivity contribution >= 4 is 50.6 Å². The summed E-state index contributed by atoms with van der Waals surface area (Å²) in [7, 11) is 0. The second kappa shape index (κ2) is 5.48. The minimum Gasteiger partial charge on any atom is -0.312 e. The van der Waals surface area contributed by atoms with E-state index in [9.17, 15) is 0 Å². The Morgan fingerprint density at radius 2 is 1.55 bits per heavy atom. The molecule has 0 saturated heterocycles. The second-order valence-electron chi connectivity index (χ2n) is 9.25. The molecule has 0 unspecified atom stereocenters. The second-order valence-corrected chi connectivity index (χ2v) is 9.25. The van der Waals surface area contributed by atoms with Gasteiger partial charge in [0, 0.05) is 22.0 Å². The van der Waals surface area contributed by atoms with Crippen LogP contribution in [0.4, 0.5) is 5.69 Å². The molecule has 7 rings (SSSR count). The molecule has 3 heteroatoms. The highest BCUT2D eigenvalue weighted by Crippen LogP contribution is 2.44. The van der Waals surface area contributed by atoms with Gasteiger partial charge in [-0.25, -0.2) is 4.85 Å². The molecule has 0 saturated carbocycles. The molecular weight excluding hydrogens is 375 g/mol. The molecule has 144 valence electrons. The van der Waals surface area contributed by atoms with Crippen LogP contribution in [0.2, 0.25) is 0 Å². The number of fused-ring (bicyclic) bond motifs is 8. The van der Waals surface area contributed by atoms with Crippen molar-refractivity contribution in [2.75, 3.05) is 0 Å². The first-order valence-electron chi connectivity index (χ1n) is 10.8. The van der Waals surface area contributed by atoms with Crippen molar-refractivity contribution in [3.8, 4) is 5.69 Å². The smallest absolute Gasteiger partial charge is 0.247 e. The lowest BCUT2D eigenvalue weighted by Gasteiger charge is -2.41. The van der Waals surface area contributed by atoms with Gasteiger partial charge in [-0.2, -0.15) is 0 Å². The maximum absolute atomic E-state index is 8.03. The van der Waals surface area contributed by atoms with Gasteiger partial charge in [-0.05, 0) is 34.0 Å². The van der Waals surface area contributed by atoms with Crippen LogP contribution in [-0.2, 0) is 5.41 Å². The van der Waals surface area contributed by atoms with Gasteiger partial charge in [0.05, 0.1) is 12.1 Å². The van der Waals surface area contributed by atoms with E-state index in [0.717, 1.165) is 11.1 Å². The molecule has 4 aromatic carbocycles. The van der Waals surface area contributed by atoms with Crippen LogP contribution in [0.15, 0.2) is 78.9 Å². The third-order valence-corrected chi connectivity index (χ3v) is 7.47. The quantitative estimate of drug-likeness (QED) is 0.259. The lowest BCUT2D eigenvalue weighted by atomic mass is 9.30. The van der Waals surface area contributed by atoms with Crippen LogP contribution in [0, 0.1) is 6.57 Å². The van der Waals surface area contributed by atoms with Gasteiger partial charge in [0.1, 0.15) is 0 Å². The third-order valence-electron chi connectivity index (χ3n) is 7.47. The highest BCUT2D eigenvalue weighted by Gasteiger charge is 2.45. The van der Waals surface area contributed by atoms with E-state index in [0.29, 0.717) is 0 Å². The molecule has 1 aromatic heterocycles. The summed E-state index contributed by atoms with van der Waals surface area (Å²) in [5.74, 6) is 0. The molecule has 2 aliphatic rings. The van der Waals surface area contributed by atoms with Crippen LogP contribution < -0.4 is 16.4 Å². The first-order valence-corrected chi connectivity index (χ1v) is 10.8. The van der Waals surface area contributed by atoms with Crippen molar-refractivity contribution in [1.82, 2.24) is 4.57 Å². The normalized spacial score (nSPS) is 14.9. The van der Waals surface area contributed by atoms with E-state index >= 15 is 0 Å². The van der Waals surface area contributed by atoms with Crippen molar-refractivity contribution in [1.29, 1.82) is 0 Å². The molecule has 2 nitrogen and oxygen atoms in total. The van der Waals surface area contributed by atoms with Crippen molar-refractivity contribution in [2.24, 2.45) is 0 Å². The Morgan fingerprint density at radius 3 is 2.39 bits per heavy atom. The fourth-order valence-corrected chi connectivity index (χ4v) is 6.19. The number of para-hydroxylation sites is 2. The van der Waals surface area contributed by atoms with Gasteiger partial charge in [-0.15, -0.1) is 0 Å². The summed E-state index contributed by atoms with van der Waals surface area (Å²) in [6, 6.07) is 28.4. The van der Waals surface area contributed by atoms with E-state index in [1.54, 1.807) is 0 Å². The summed E-state index contributed by atoms with van der Waals surface area (Å²) in [5, 5.41) is 2.26. The first kappa shape index (κ1) is 17.0. The molecule has 2 aliphatic heterocycles. The molecule has 31 heavy (non-hydrogen) atoms. The van der Waals surface area contributed by atoms with Gasteiger partial charge in [-0.1, -0.05) is 91.6 Å². The molecule has 0 amide bonds. The predicted octanol–water partition coefficient (Wildman–Crippen LogP) is 4.80. The minimum absolute atomic E-state index is 0.163. The van der Waals surface area contributed by atoms with E-state index in [1.165, 1.54) is 49.6 Å². The van der Waals surface area contributed by atoms with Gasteiger partial charge >= 0.3 is 0 Å². The number of rotatable bonds is 0.